The summed E-state index contributed by atoms with van der Waals surface area (Å²) in [5.74, 6) is -2.55. The maximum Gasteiger partial charge on any atom is 0.419 e. The monoisotopic (exact) mass is 280 g/mol. The largest absolute Gasteiger partial charge is 0.491 e. The van der Waals surface area contributed by atoms with Gasteiger partial charge in [0.05, 0.1) is 11.7 Å². The number of ether oxygens (including phenoxy) is 1. The molecule has 1 atom stereocenters. The Morgan fingerprint density at radius 2 is 2.05 bits per heavy atom. The number of hydrogen-bond acceptors (Lipinski definition) is 2. The summed E-state index contributed by atoms with van der Waals surface area (Å²) in [6, 6.07) is 2.30. The molecule has 0 radical (unpaired) electrons. The minimum absolute atomic E-state index is 0.147. The summed E-state index contributed by atoms with van der Waals surface area (Å²) in [4.78, 5) is 10.3. The minimum atomic E-state index is -4.80. The molecule has 0 saturated heterocycles. The van der Waals surface area contributed by atoms with Gasteiger partial charge in [0.25, 0.3) is 0 Å². The molecule has 19 heavy (non-hydrogen) atoms. The van der Waals surface area contributed by atoms with E-state index in [1.54, 1.807) is 0 Å². The highest BCUT2D eigenvalue weighted by Gasteiger charge is 2.34. The van der Waals surface area contributed by atoms with Crippen LogP contribution in [0.1, 0.15) is 25.3 Å². The number of carboxylic acid groups (broad SMARTS) is 1. The molecule has 0 aliphatic rings. The molecule has 0 heterocycles. The van der Waals surface area contributed by atoms with Crippen molar-refractivity contribution in [3.05, 3.63) is 29.6 Å². The van der Waals surface area contributed by atoms with Crippen LogP contribution in [-0.4, -0.2) is 17.2 Å². The predicted octanol–water partition coefficient (Wildman–Crippen LogP) is 3.48. The number of carboxylic acids is 1. The molecule has 0 fully saturated rings. The number of rotatable bonds is 5. The Kier molecular flexibility index (Phi) is 4.74. The minimum Gasteiger partial charge on any atom is -0.491 e. The number of carbonyl (C=O) groups is 1. The van der Waals surface area contributed by atoms with Crippen LogP contribution < -0.4 is 4.74 Å². The molecular weight excluding hydrogens is 268 g/mol. The highest BCUT2D eigenvalue weighted by molar-refractivity contribution is 5.66. The van der Waals surface area contributed by atoms with E-state index < -0.39 is 29.6 Å². The fourth-order valence-corrected chi connectivity index (χ4v) is 1.41. The molecule has 0 spiro atoms. The number of benzene rings is 1. The van der Waals surface area contributed by atoms with Gasteiger partial charge in [-0.2, -0.15) is 13.2 Å². The van der Waals surface area contributed by atoms with Crippen molar-refractivity contribution in [2.45, 2.75) is 32.0 Å². The molecule has 1 N–H and O–H groups in total. The fourth-order valence-electron chi connectivity index (χ4n) is 1.41. The third-order valence-electron chi connectivity index (χ3n) is 2.35. The average Bonchev–Trinajstić information content (AvgIpc) is 2.27. The Labute approximate surface area is 106 Å². The summed E-state index contributed by atoms with van der Waals surface area (Å²) in [7, 11) is 0. The average molecular weight is 280 g/mol. The Balaban J connectivity index is 2.77. The summed E-state index contributed by atoms with van der Waals surface area (Å²) >= 11 is 0. The SMILES string of the molecule is CC(CCC(=O)O)Oc1ccc(F)c(C(F)(F)F)c1. The Morgan fingerprint density at radius 3 is 2.58 bits per heavy atom. The first-order chi connectivity index (χ1) is 8.70. The summed E-state index contributed by atoms with van der Waals surface area (Å²) in [6.07, 6.45) is -5.39. The van der Waals surface area contributed by atoms with Gasteiger partial charge in [0, 0.05) is 6.42 Å². The molecule has 1 unspecified atom stereocenters. The topological polar surface area (TPSA) is 46.5 Å². The zero-order valence-corrected chi connectivity index (χ0v) is 10.00. The molecule has 0 saturated carbocycles. The maximum absolute atomic E-state index is 13.0. The lowest BCUT2D eigenvalue weighted by Gasteiger charge is -2.15. The summed E-state index contributed by atoms with van der Waals surface area (Å²) in [5.41, 5.74) is -1.41. The van der Waals surface area contributed by atoms with Gasteiger partial charge >= 0.3 is 12.1 Å². The van der Waals surface area contributed by atoms with Gasteiger partial charge in [-0.15, -0.1) is 0 Å². The van der Waals surface area contributed by atoms with Crippen LogP contribution in [0.15, 0.2) is 18.2 Å². The summed E-state index contributed by atoms with van der Waals surface area (Å²) in [5, 5.41) is 8.46. The highest BCUT2D eigenvalue weighted by atomic mass is 19.4. The Morgan fingerprint density at radius 1 is 1.42 bits per heavy atom. The standard InChI is InChI=1S/C12H12F4O3/c1-7(2-5-11(17)18)19-8-3-4-10(13)9(6-8)12(14,15)16/h3-4,6-7H,2,5H2,1H3,(H,17,18). The highest BCUT2D eigenvalue weighted by Crippen LogP contribution is 2.33. The molecule has 0 bridgehead atoms. The van der Waals surface area contributed by atoms with Gasteiger partial charge in [0.2, 0.25) is 0 Å². The van der Waals surface area contributed by atoms with E-state index in [4.69, 9.17) is 9.84 Å². The zero-order valence-electron chi connectivity index (χ0n) is 10.00. The second-order valence-corrected chi connectivity index (χ2v) is 4.00. The van der Waals surface area contributed by atoms with Gasteiger partial charge in [-0.3, -0.25) is 4.79 Å². The molecule has 106 valence electrons. The molecular formula is C12H12F4O3. The Bertz CT molecular complexity index is 457. The number of hydrogen-bond donors (Lipinski definition) is 1. The smallest absolute Gasteiger partial charge is 0.419 e. The fraction of sp³-hybridized carbons (Fsp3) is 0.417. The van der Waals surface area contributed by atoms with Crippen LogP contribution in [0.3, 0.4) is 0 Å². The van der Waals surface area contributed by atoms with Gasteiger partial charge in [0.1, 0.15) is 11.6 Å². The third-order valence-corrected chi connectivity index (χ3v) is 2.35. The van der Waals surface area contributed by atoms with Crippen molar-refractivity contribution in [3.8, 4) is 5.75 Å². The molecule has 0 amide bonds. The quantitative estimate of drug-likeness (QED) is 0.840. The summed E-state index contributed by atoms with van der Waals surface area (Å²) in [6.45, 7) is 1.53. The van der Waals surface area contributed by atoms with Crippen LogP contribution in [0.2, 0.25) is 0 Å². The van der Waals surface area contributed by atoms with E-state index in [1.165, 1.54) is 6.92 Å². The van der Waals surface area contributed by atoms with Crippen LogP contribution in [0, 0.1) is 5.82 Å². The van der Waals surface area contributed by atoms with Crippen LogP contribution in [0.5, 0.6) is 5.75 Å². The lowest BCUT2D eigenvalue weighted by molar-refractivity contribution is -0.140. The number of aliphatic carboxylic acids is 1. The molecule has 0 aliphatic heterocycles. The molecule has 0 aromatic heterocycles. The lowest BCUT2D eigenvalue weighted by atomic mass is 10.2. The van der Waals surface area contributed by atoms with Crippen molar-refractivity contribution < 1.29 is 32.2 Å². The van der Waals surface area contributed by atoms with Crippen LogP contribution in [0.25, 0.3) is 0 Å². The van der Waals surface area contributed by atoms with Crippen molar-refractivity contribution >= 4 is 5.97 Å². The molecule has 7 heteroatoms. The predicted molar refractivity (Wildman–Crippen MR) is 58.4 cm³/mol. The second-order valence-electron chi connectivity index (χ2n) is 4.00. The molecule has 3 nitrogen and oxygen atoms in total. The number of alkyl halides is 3. The molecule has 1 aromatic carbocycles. The normalized spacial score (nSPS) is 13.1. The second kappa shape index (κ2) is 5.90. The van der Waals surface area contributed by atoms with E-state index in [0.29, 0.717) is 12.1 Å². The van der Waals surface area contributed by atoms with E-state index in [-0.39, 0.29) is 18.6 Å². The third kappa shape index (κ3) is 4.76. The van der Waals surface area contributed by atoms with E-state index in [2.05, 4.69) is 0 Å². The van der Waals surface area contributed by atoms with E-state index in [9.17, 15) is 22.4 Å². The molecule has 1 aromatic rings. The van der Waals surface area contributed by atoms with Crippen molar-refractivity contribution in [2.75, 3.05) is 0 Å². The van der Waals surface area contributed by atoms with Crippen molar-refractivity contribution in [2.24, 2.45) is 0 Å². The van der Waals surface area contributed by atoms with E-state index >= 15 is 0 Å². The van der Waals surface area contributed by atoms with E-state index in [0.717, 1.165) is 6.07 Å². The van der Waals surface area contributed by atoms with Crippen LogP contribution >= 0.6 is 0 Å². The first kappa shape index (κ1) is 15.3. The number of halogens is 4. The summed E-state index contributed by atoms with van der Waals surface area (Å²) < 4.78 is 55.5. The molecule has 0 aliphatic carbocycles. The lowest BCUT2D eigenvalue weighted by Crippen LogP contribution is -2.15. The van der Waals surface area contributed by atoms with Gasteiger partial charge in [0.15, 0.2) is 0 Å². The van der Waals surface area contributed by atoms with Gasteiger partial charge < -0.3 is 9.84 Å². The Hall–Kier alpha value is -1.79. The zero-order chi connectivity index (χ0) is 14.6. The van der Waals surface area contributed by atoms with E-state index in [1.807, 2.05) is 0 Å². The van der Waals surface area contributed by atoms with Crippen LogP contribution in [-0.2, 0) is 11.0 Å². The van der Waals surface area contributed by atoms with Gasteiger partial charge in [-0.25, -0.2) is 4.39 Å². The first-order valence-corrected chi connectivity index (χ1v) is 5.45. The van der Waals surface area contributed by atoms with Crippen molar-refractivity contribution in [1.82, 2.24) is 0 Å². The van der Waals surface area contributed by atoms with Crippen molar-refractivity contribution in [1.29, 1.82) is 0 Å². The van der Waals surface area contributed by atoms with Crippen LogP contribution in [0.4, 0.5) is 17.6 Å². The van der Waals surface area contributed by atoms with Gasteiger partial charge in [-0.05, 0) is 31.5 Å². The first-order valence-electron chi connectivity index (χ1n) is 5.45. The van der Waals surface area contributed by atoms with Crippen molar-refractivity contribution in [3.63, 3.8) is 0 Å². The molecule has 1 rings (SSSR count). The van der Waals surface area contributed by atoms with Gasteiger partial charge in [-0.1, -0.05) is 0 Å². The maximum atomic E-state index is 13.0.